The van der Waals surface area contributed by atoms with Crippen LogP contribution < -0.4 is 15.5 Å². The SMILES string of the molecule is C#C.CO[C@@H]1CCN(c2nc(Nc3cc(C4(C)CC4)[nH]n3)c3cccn3n2)C1.O=CNc1cnccn1. The summed E-state index contributed by atoms with van der Waals surface area (Å²) < 4.78 is 7.33. The minimum Gasteiger partial charge on any atom is -0.380 e. The minimum absolute atomic E-state index is 0.239. The average molecular weight is 503 g/mol. The first-order valence-corrected chi connectivity index (χ1v) is 11.8. The van der Waals surface area contributed by atoms with E-state index in [2.05, 4.69) is 66.6 Å². The molecular formula is C25H30N10O2. The zero-order valence-corrected chi connectivity index (χ0v) is 20.8. The number of nitrogens with zero attached hydrogens (tertiary/aromatic N) is 7. The van der Waals surface area contributed by atoms with Gasteiger partial charge < -0.3 is 20.3 Å². The van der Waals surface area contributed by atoms with Crippen molar-refractivity contribution < 1.29 is 9.53 Å². The van der Waals surface area contributed by atoms with Crippen molar-refractivity contribution in [1.29, 1.82) is 0 Å². The maximum Gasteiger partial charge on any atom is 0.245 e. The molecule has 4 aromatic heterocycles. The van der Waals surface area contributed by atoms with Crippen LogP contribution in [0.1, 0.15) is 31.9 Å². The standard InChI is InChI=1S/C18H23N7O.C5H5N3O.C2H2/c1-18(6-7-18)14-10-15(22-21-14)19-16-13-4-3-8-25(13)23-17(20-16)24-9-5-12(11-24)26-2;9-4-8-5-3-6-1-2-7-5;1-2/h3-4,8,10,12H,5-7,9,11H2,1-2H3,(H2,19,20,21,22,23);1-4H,(H,7,8,9);1-2H/t12-;;/m1../s1. The maximum absolute atomic E-state index is 9.80. The second kappa shape index (κ2) is 11.5. The Morgan fingerprint density at radius 2 is 2.11 bits per heavy atom. The number of hydrogen-bond acceptors (Lipinski definition) is 9. The number of H-pyrrole nitrogens is 1. The normalized spacial score (nSPS) is 17.2. The highest BCUT2D eigenvalue weighted by molar-refractivity contribution is 5.73. The topological polar surface area (TPSA) is 138 Å². The molecule has 4 aromatic rings. The van der Waals surface area contributed by atoms with Crippen molar-refractivity contribution in [3.63, 3.8) is 0 Å². The first-order chi connectivity index (χ1) is 18.1. The van der Waals surface area contributed by atoms with Gasteiger partial charge in [-0.3, -0.25) is 14.9 Å². The van der Waals surface area contributed by atoms with Crippen molar-refractivity contribution >= 4 is 35.3 Å². The number of aromatic nitrogens is 7. The van der Waals surface area contributed by atoms with Gasteiger partial charge in [0.25, 0.3) is 0 Å². The van der Waals surface area contributed by atoms with Gasteiger partial charge in [0.05, 0.1) is 12.3 Å². The van der Waals surface area contributed by atoms with Crippen molar-refractivity contribution in [3.05, 3.63) is 48.7 Å². The summed E-state index contributed by atoms with van der Waals surface area (Å²) >= 11 is 0. The molecule has 0 spiro atoms. The molecule has 2 aliphatic rings. The van der Waals surface area contributed by atoms with Gasteiger partial charge in [0, 0.05) is 56.0 Å². The van der Waals surface area contributed by atoms with Crippen molar-refractivity contribution in [2.75, 3.05) is 35.7 Å². The lowest BCUT2D eigenvalue weighted by Crippen LogP contribution is -2.25. The predicted octanol–water partition coefficient (Wildman–Crippen LogP) is 2.77. The van der Waals surface area contributed by atoms with Gasteiger partial charge in [-0.25, -0.2) is 9.50 Å². The van der Waals surface area contributed by atoms with Gasteiger partial charge in [-0.2, -0.15) is 10.1 Å². The number of nitrogens with one attached hydrogen (secondary N) is 3. The summed E-state index contributed by atoms with van der Waals surface area (Å²) in [5.74, 6) is 2.73. The predicted molar refractivity (Wildman–Crippen MR) is 141 cm³/mol. The highest BCUT2D eigenvalue weighted by atomic mass is 16.5. The second-order valence-corrected chi connectivity index (χ2v) is 8.90. The lowest BCUT2D eigenvalue weighted by molar-refractivity contribution is -0.105. The number of aromatic amines is 1. The number of anilines is 4. The summed E-state index contributed by atoms with van der Waals surface area (Å²) in [5.41, 5.74) is 2.38. The smallest absolute Gasteiger partial charge is 0.245 e. The fourth-order valence-corrected chi connectivity index (χ4v) is 3.96. The Morgan fingerprint density at radius 1 is 1.27 bits per heavy atom. The molecule has 1 aliphatic heterocycles. The molecule has 12 heteroatoms. The molecule has 6 rings (SSSR count). The van der Waals surface area contributed by atoms with E-state index < -0.39 is 0 Å². The molecule has 1 saturated carbocycles. The van der Waals surface area contributed by atoms with E-state index in [0.717, 1.165) is 36.7 Å². The maximum atomic E-state index is 9.80. The van der Waals surface area contributed by atoms with E-state index in [4.69, 9.17) is 9.72 Å². The third kappa shape index (κ3) is 6.02. The summed E-state index contributed by atoms with van der Waals surface area (Å²) in [6, 6.07) is 6.07. The fraction of sp³-hybridized carbons (Fsp3) is 0.360. The van der Waals surface area contributed by atoms with Gasteiger partial charge in [0.1, 0.15) is 5.52 Å². The average Bonchev–Trinajstić information content (AvgIpc) is 3.37. The van der Waals surface area contributed by atoms with E-state index in [-0.39, 0.29) is 11.5 Å². The molecular weight excluding hydrogens is 472 g/mol. The molecule has 1 saturated heterocycles. The van der Waals surface area contributed by atoms with Crippen LogP contribution in [0.5, 0.6) is 0 Å². The Kier molecular flexibility index (Phi) is 7.95. The number of carbonyl (C=O) groups excluding carboxylic acids is 1. The number of terminal acetylenes is 1. The lowest BCUT2D eigenvalue weighted by atomic mass is 10.1. The number of carbonyl (C=O) groups is 1. The zero-order valence-electron chi connectivity index (χ0n) is 20.8. The third-order valence-corrected chi connectivity index (χ3v) is 6.39. The number of rotatable bonds is 7. The Balaban J connectivity index is 0.000000246. The van der Waals surface area contributed by atoms with Crippen LogP contribution in [0.15, 0.2) is 43.0 Å². The molecule has 0 aromatic carbocycles. The second-order valence-electron chi connectivity index (χ2n) is 8.90. The minimum atomic E-state index is 0.239. The molecule has 0 bridgehead atoms. The van der Waals surface area contributed by atoms with Crippen LogP contribution in [-0.4, -0.2) is 67.5 Å². The highest BCUT2D eigenvalue weighted by Crippen LogP contribution is 2.47. The molecule has 37 heavy (non-hydrogen) atoms. The van der Waals surface area contributed by atoms with Gasteiger partial charge in [-0.15, -0.1) is 17.9 Å². The Labute approximate surface area is 214 Å². The number of amides is 1. The summed E-state index contributed by atoms with van der Waals surface area (Å²) in [4.78, 5) is 24.2. The van der Waals surface area contributed by atoms with E-state index in [1.165, 1.54) is 37.1 Å². The zero-order chi connectivity index (χ0) is 26.3. The van der Waals surface area contributed by atoms with Crippen LogP contribution in [0.4, 0.5) is 23.4 Å². The van der Waals surface area contributed by atoms with Crippen LogP contribution >= 0.6 is 0 Å². The van der Waals surface area contributed by atoms with Crippen molar-refractivity contribution in [1.82, 2.24) is 34.8 Å². The first-order valence-electron chi connectivity index (χ1n) is 11.8. The van der Waals surface area contributed by atoms with Gasteiger partial charge in [0.2, 0.25) is 12.4 Å². The molecule has 1 atom stereocenters. The van der Waals surface area contributed by atoms with Crippen molar-refractivity contribution in [3.8, 4) is 12.8 Å². The molecule has 2 fully saturated rings. The monoisotopic (exact) mass is 502 g/mol. The molecule has 0 radical (unpaired) electrons. The Bertz CT molecular complexity index is 1330. The summed E-state index contributed by atoms with van der Waals surface area (Å²) in [6.45, 7) is 3.97. The van der Waals surface area contributed by atoms with Crippen LogP contribution in [0.2, 0.25) is 0 Å². The number of hydrogen-bond donors (Lipinski definition) is 3. The van der Waals surface area contributed by atoms with Crippen LogP contribution in [0.3, 0.4) is 0 Å². The Hall–Kier alpha value is -4.50. The molecule has 1 aliphatic carbocycles. The van der Waals surface area contributed by atoms with Gasteiger partial charge in [-0.1, -0.05) is 6.92 Å². The van der Waals surface area contributed by atoms with E-state index in [0.29, 0.717) is 18.2 Å². The lowest BCUT2D eigenvalue weighted by Gasteiger charge is -2.17. The summed E-state index contributed by atoms with van der Waals surface area (Å²) in [6.07, 6.45) is 18.7. The molecule has 1 amide bonds. The van der Waals surface area contributed by atoms with Crippen LogP contribution in [0, 0.1) is 12.8 Å². The molecule has 192 valence electrons. The fourth-order valence-electron chi connectivity index (χ4n) is 3.96. The molecule has 12 nitrogen and oxygen atoms in total. The highest BCUT2D eigenvalue weighted by Gasteiger charge is 2.40. The largest absolute Gasteiger partial charge is 0.380 e. The van der Waals surface area contributed by atoms with Crippen LogP contribution in [0.25, 0.3) is 5.52 Å². The van der Waals surface area contributed by atoms with E-state index in [1.807, 2.05) is 22.8 Å². The van der Waals surface area contributed by atoms with E-state index in [1.54, 1.807) is 7.11 Å². The number of ether oxygens (including phenoxy) is 1. The van der Waals surface area contributed by atoms with E-state index in [9.17, 15) is 4.79 Å². The van der Waals surface area contributed by atoms with Gasteiger partial charge >= 0.3 is 0 Å². The van der Waals surface area contributed by atoms with Crippen LogP contribution in [-0.2, 0) is 14.9 Å². The molecule has 3 N–H and O–H groups in total. The van der Waals surface area contributed by atoms with Crippen molar-refractivity contribution in [2.24, 2.45) is 0 Å². The molecule has 0 unspecified atom stereocenters. The van der Waals surface area contributed by atoms with Gasteiger partial charge in [0.15, 0.2) is 17.5 Å². The van der Waals surface area contributed by atoms with E-state index >= 15 is 0 Å². The first kappa shape index (κ1) is 25.6. The quantitative estimate of drug-likeness (QED) is 0.257. The van der Waals surface area contributed by atoms with Gasteiger partial charge in [-0.05, 0) is 31.4 Å². The Morgan fingerprint density at radius 3 is 2.78 bits per heavy atom. The number of fused-ring (bicyclic) bond motifs is 1. The number of methoxy groups -OCH3 is 1. The summed E-state index contributed by atoms with van der Waals surface area (Å²) in [7, 11) is 1.76. The van der Waals surface area contributed by atoms with Crippen molar-refractivity contribution in [2.45, 2.75) is 37.7 Å². The molecule has 5 heterocycles. The third-order valence-electron chi connectivity index (χ3n) is 6.39. The summed E-state index contributed by atoms with van der Waals surface area (Å²) in [5, 5.41) is 18.0.